The Hall–Kier alpha value is -2.44. The summed E-state index contributed by atoms with van der Waals surface area (Å²) in [7, 11) is 3.13. The predicted molar refractivity (Wildman–Crippen MR) is 105 cm³/mol. The van der Waals surface area contributed by atoms with Crippen LogP contribution in [0.5, 0.6) is 11.5 Å². The molecule has 1 atom stereocenters. The van der Waals surface area contributed by atoms with Crippen molar-refractivity contribution in [1.29, 1.82) is 0 Å². The molecule has 156 valence electrons. The Morgan fingerprint density at radius 1 is 1.14 bits per heavy atom. The van der Waals surface area contributed by atoms with Gasteiger partial charge in [0.25, 0.3) is 0 Å². The van der Waals surface area contributed by atoms with Crippen molar-refractivity contribution in [3.05, 3.63) is 23.8 Å². The molecule has 1 amide bonds. The Balaban J connectivity index is 2.26. The minimum Gasteiger partial charge on any atom is -0.493 e. The minimum absolute atomic E-state index is 0.303. The van der Waals surface area contributed by atoms with Gasteiger partial charge in [0.15, 0.2) is 11.5 Å². The number of aliphatic carboxylic acids is 1. The van der Waals surface area contributed by atoms with Gasteiger partial charge in [0, 0.05) is 6.54 Å². The van der Waals surface area contributed by atoms with Crippen LogP contribution in [-0.2, 0) is 16.0 Å². The van der Waals surface area contributed by atoms with E-state index in [1.165, 1.54) is 4.90 Å². The molecule has 1 aromatic rings. The van der Waals surface area contributed by atoms with Crippen molar-refractivity contribution in [3.8, 4) is 11.5 Å². The molecule has 1 aromatic carbocycles. The molecule has 0 saturated carbocycles. The van der Waals surface area contributed by atoms with Crippen LogP contribution < -0.4 is 9.47 Å². The van der Waals surface area contributed by atoms with E-state index in [2.05, 4.69) is 0 Å². The highest BCUT2D eigenvalue weighted by molar-refractivity contribution is 5.85. The highest BCUT2D eigenvalue weighted by Crippen LogP contribution is 2.35. The molecular weight excluding hydrogens is 362 g/mol. The lowest BCUT2D eigenvalue weighted by molar-refractivity contribution is -0.154. The quantitative estimate of drug-likeness (QED) is 0.789. The number of carbonyl (C=O) groups excluding carboxylic acids is 1. The molecule has 0 aromatic heterocycles. The van der Waals surface area contributed by atoms with Crippen LogP contribution in [-0.4, -0.2) is 54.0 Å². The summed E-state index contributed by atoms with van der Waals surface area (Å²) in [5.41, 5.74) is -1.02. The Bertz CT molecular complexity index is 711. The van der Waals surface area contributed by atoms with Gasteiger partial charge >= 0.3 is 12.1 Å². The van der Waals surface area contributed by atoms with Crippen molar-refractivity contribution >= 4 is 12.1 Å². The van der Waals surface area contributed by atoms with Crippen LogP contribution in [0.3, 0.4) is 0 Å². The van der Waals surface area contributed by atoms with Crippen molar-refractivity contribution in [2.45, 2.75) is 64.0 Å². The Morgan fingerprint density at radius 3 is 2.39 bits per heavy atom. The number of likely N-dealkylation sites (tertiary alicyclic amines) is 1. The second-order valence-corrected chi connectivity index (χ2v) is 8.12. The first-order valence-corrected chi connectivity index (χ1v) is 9.58. The molecule has 1 fully saturated rings. The summed E-state index contributed by atoms with van der Waals surface area (Å²) in [6.07, 6.45) is 2.17. The molecular formula is C21H31NO6. The van der Waals surface area contributed by atoms with Crippen LogP contribution >= 0.6 is 0 Å². The van der Waals surface area contributed by atoms with E-state index in [1.807, 2.05) is 12.1 Å². The summed E-state index contributed by atoms with van der Waals surface area (Å²) in [5, 5.41) is 10.1. The van der Waals surface area contributed by atoms with Gasteiger partial charge in [0.2, 0.25) is 0 Å². The van der Waals surface area contributed by atoms with Gasteiger partial charge < -0.3 is 19.3 Å². The van der Waals surface area contributed by atoms with Crippen LogP contribution in [0.2, 0.25) is 0 Å². The van der Waals surface area contributed by atoms with Crippen molar-refractivity contribution < 1.29 is 28.9 Å². The lowest BCUT2D eigenvalue weighted by Crippen LogP contribution is -2.60. The molecule has 7 heteroatoms. The number of carboxylic acids is 1. The number of rotatable bonds is 6. The molecule has 1 aliphatic rings. The topological polar surface area (TPSA) is 85.3 Å². The normalized spacial score (nSPS) is 19.8. The van der Waals surface area contributed by atoms with Crippen LogP contribution in [0.4, 0.5) is 4.79 Å². The lowest BCUT2D eigenvalue weighted by Gasteiger charge is -2.44. The number of methoxy groups -OCH3 is 2. The summed E-state index contributed by atoms with van der Waals surface area (Å²) in [6.45, 7) is 5.72. The number of carbonyl (C=O) groups is 2. The van der Waals surface area contributed by atoms with Gasteiger partial charge in [-0.1, -0.05) is 6.07 Å². The van der Waals surface area contributed by atoms with Gasteiger partial charge in [-0.3, -0.25) is 4.90 Å². The van der Waals surface area contributed by atoms with Crippen molar-refractivity contribution in [1.82, 2.24) is 4.90 Å². The number of benzene rings is 1. The van der Waals surface area contributed by atoms with Gasteiger partial charge in [-0.05, 0) is 70.6 Å². The summed E-state index contributed by atoms with van der Waals surface area (Å²) in [6, 6.07) is 5.53. The molecule has 7 nitrogen and oxygen atoms in total. The van der Waals surface area contributed by atoms with Gasteiger partial charge in [0.05, 0.1) is 14.2 Å². The Kier molecular flexibility index (Phi) is 6.80. The Morgan fingerprint density at radius 2 is 1.82 bits per heavy atom. The summed E-state index contributed by atoms with van der Waals surface area (Å²) < 4.78 is 16.1. The average molecular weight is 393 g/mol. The standard InChI is InChI=1S/C21H31NO6/c1-20(2,3)28-19(25)22-13-7-6-11-21(22,18(23)24)12-10-15-8-9-16(26-4)17(14-15)27-5/h8-9,14H,6-7,10-13H2,1-5H3,(H,23,24)/t21-/m0/s1. The number of ether oxygens (including phenoxy) is 3. The number of piperidine rings is 1. The molecule has 0 bridgehead atoms. The molecule has 28 heavy (non-hydrogen) atoms. The number of hydrogen-bond donors (Lipinski definition) is 1. The maximum Gasteiger partial charge on any atom is 0.411 e. The van der Waals surface area contributed by atoms with Crippen LogP contribution in [0.25, 0.3) is 0 Å². The SMILES string of the molecule is COc1ccc(CC[C@]2(C(=O)O)CCCCN2C(=O)OC(C)(C)C)cc1OC. The third-order valence-corrected chi connectivity index (χ3v) is 5.03. The molecule has 1 heterocycles. The molecule has 1 aliphatic heterocycles. The summed E-state index contributed by atoms with van der Waals surface area (Å²) in [5.74, 6) is 0.225. The van der Waals surface area contributed by atoms with E-state index < -0.39 is 23.2 Å². The monoisotopic (exact) mass is 393 g/mol. The number of aryl methyl sites for hydroxylation is 1. The van der Waals surface area contributed by atoms with Gasteiger partial charge in [-0.25, -0.2) is 9.59 Å². The van der Waals surface area contributed by atoms with E-state index in [9.17, 15) is 14.7 Å². The average Bonchev–Trinajstić information content (AvgIpc) is 2.64. The maximum atomic E-state index is 12.7. The zero-order valence-electron chi connectivity index (χ0n) is 17.4. The highest BCUT2D eigenvalue weighted by Gasteiger charge is 2.49. The van der Waals surface area contributed by atoms with E-state index in [-0.39, 0.29) is 0 Å². The van der Waals surface area contributed by atoms with E-state index in [4.69, 9.17) is 14.2 Å². The minimum atomic E-state index is -1.27. The zero-order valence-corrected chi connectivity index (χ0v) is 17.4. The smallest absolute Gasteiger partial charge is 0.411 e. The van der Waals surface area contributed by atoms with E-state index in [0.717, 1.165) is 18.4 Å². The first kappa shape index (κ1) is 21.9. The number of carboxylic acid groups (broad SMARTS) is 1. The first-order chi connectivity index (χ1) is 13.1. The molecule has 0 spiro atoms. The second kappa shape index (κ2) is 8.71. The molecule has 0 aliphatic carbocycles. The number of nitrogens with zero attached hydrogens (tertiary/aromatic N) is 1. The van der Waals surface area contributed by atoms with Crippen molar-refractivity contribution in [2.75, 3.05) is 20.8 Å². The first-order valence-electron chi connectivity index (χ1n) is 9.58. The fourth-order valence-corrected chi connectivity index (χ4v) is 3.60. The third-order valence-electron chi connectivity index (χ3n) is 5.03. The van der Waals surface area contributed by atoms with E-state index in [1.54, 1.807) is 41.1 Å². The van der Waals surface area contributed by atoms with Gasteiger partial charge in [-0.2, -0.15) is 0 Å². The second-order valence-electron chi connectivity index (χ2n) is 8.12. The number of amides is 1. The van der Waals surface area contributed by atoms with E-state index >= 15 is 0 Å². The van der Waals surface area contributed by atoms with Crippen LogP contribution in [0.15, 0.2) is 18.2 Å². The number of hydrogen-bond acceptors (Lipinski definition) is 5. The largest absolute Gasteiger partial charge is 0.493 e. The molecule has 1 saturated heterocycles. The summed E-state index contributed by atoms with van der Waals surface area (Å²) >= 11 is 0. The van der Waals surface area contributed by atoms with Crippen molar-refractivity contribution in [2.24, 2.45) is 0 Å². The fourth-order valence-electron chi connectivity index (χ4n) is 3.60. The molecule has 1 N–H and O–H groups in total. The Labute approximate surface area is 166 Å². The van der Waals surface area contributed by atoms with E-state index in [0.29, 0.717) is 37.3 Å². The molecule has 0 radical (unpaired) electrons. The predicted octanol–water partition coefficient (Wildman–Crippen LogP) is 3.88. The van der Waals surface area contributed by atoms with Gasteiger partial charge in [-0.15, -0.1) is 0 Å². The van der Waals surface area contributed by atoms with Gasteiger partial charge in [0.1, 0.15) is 11.1 Å². The van der Waals surface area contributed by atoms with Crippen LogP contribution in [0, 0.1) is 0 Å². The molecule has 0 unspecified atom stereocenters. The zero-order chi connectivity index (χ0) is 20.9. The highest BCUT2D eigenvalue weighted by atomic mass is 16.6. The maximum absolute atomic E-state index is 12.7. The summed E-state index contributed by atoms with van der Waals surface area (Å²) in [4.78, 5) is 26.4. The fraction of sp³-hybridized carbons (Fsp3) is 0.619. The lowest BCUT2D eigenvalue weighted by atomic mass is 9.82. The van der Waals surface area contributed by atoms with Crippen LogP contribution in [0.1, 0.15) is 52.0 Å². The third kappa shape index (κ3) is 4.88. The van der Waals surface area contributed by atoms with Crippen molar-refractivity contribution in [3.63, 3.8) is 0 Å². The molecule has 2 rings (SSSR count).